The lowest BCUT2D eigenvalue weighted by atomic mass is 9.99. The minimum Gasteiger partial charge on any atom is -0.494 e. The number of para-hydroxylation sites is 2. The minimum atomic E-state index is -0.0900. The number of carbonyl (C=O) groups is 1. The molecule has 0 aliphatic heterocycles. The molecule has 0 saturated carbocycles. The van der Waals surface area contributed by atoms with Gasteiger partial charge in [0.1, 0.15) is 11.6 Å². The van der Waals surface area contributed by atoms with Crippen molar-refractivity contribution in [2.75, 3.05) is 13.2 Å². The summed E-state index contributed by atoms with van der Waals surface area (Å²) in [6, 6.07) is 16.7. The molecule has 1 N–H and O–H groups in total. The van der Waals surface area contributed by atoms with Crippen molar-refractivity contribution in [3.8, 4) is 5.75 Å². The van der Waals surface area contributed by atoms with Crippen LogP contribution in [0.3, 0.4) is 0 Å². The van der Waals surface area contributed by atoms with Gasteiger partial charge < -0.3 is 14.6 Å². The number of imidazole rings is 1. The Bertz CT molecular complexity index is 1040. The van der Waals surface area contributed by atoms with Gasteiger partial charge in [-0.2, -0.15) is 0 Å². The number of nitrogens with one attached hydrogen (secondary N) is 1. The lowest BCUT2D eigenvalue weighted by Crippen LogP contribution is -2.25. The fourth-order valence-corrected chi connectivity index (χ4v) is 3.71. The molecule has 1 unspecified atom stereocenters. The summed E-state index contributed by atoms with van der Waals surface area (Å²) < 4.78 is 8.27. The number of amides is 1. The molecule has 2 aromatic carbocycles. The van der Waals surface area contributed by atoms with E-state index in [1.54, 1.807) is 6.92 Å². The largest absolute Gasteiger partial charge is 0.494 e. The van der Waals surface area contributed by atoms with Crippen LogP contribution in [0.2, 0.25) is 0 Å². The number of hydrogen-bond donors (Lipinski definition) is 1. The summed E-state index contributed by atoms with van der Waals surface area (Å²) in [6.45, 7) is 12.0. The van der Waals surface area contributed by atoms with Gasteiger partial charge in [-0.25, -0.2) is 4.98 Å². The summed E-state index contributed by atoms with van der Waals surface area (Å²) in [4.78, 5) is 16.5. The second-order valence-electron chi connectivity index (χ2n) is 8.39. The zero-order chi connectivity index (χ0) is 22.9. The summed E-state index contributed by atoms with van der Waals surface area (Å²) >= 11 is 0. The average molecular weight is 434 g/mol. The number of carbonyl (C=O) groups excluding carboxylic acids is 1. The Labute approximate surface area is 191 Å². The fraction of sp³-hybridized carbons (Fsp3) is 0.407. The van der Waals surface area contributed by atoms with Crippen LogP contribution in [-0.4, -0.2) is 28.6 Å². The second-order valence-corrected chi connectivity index (χ2v) is 8.39. The van der Waals surface area contributed by atoms with E-state index in [1.165, 1.54) is 5.56 Å². The third-order valence-corrected chi connectivity index (χ3v) is 5.84. The van der Waals surface area contributed by atoms with Crippen molar-refractivity contribution in [1.29, 1.82) is 0 Å². The van der Waals surface area contributed by atoms with E-state index in [1.807, 2.05) is 18.2 Å². The van der Waals surface area contributed by atoms with Crippen molar-refractivity contribution < 1.29 is 9.53 Å². The van der Waals surface area contributed by atoms with Crippen molar-refractivity contribution in [1.82, 2.24) is 14.9 Å². The Morgan fingerprint density at radius 1 is 1.16 bits per heavy atom. The highest BCUT2D eigenvalue weighted by atomic mass is 16.5. The average Bonchev–Trinajstić information content (AvgIpc) is 3.16. The van der Waals surface area contributed by atoms with Crippen molar-refractivity contribution in [3.05, 3.63) is 72.1 Å². The quantitative estimate of drug-likeness (QED) is 0.297. The van der Waals surface area contributed by atoms with E-state index in [9.17, 15) is 4.79 Å². The Hall–Kier alpha value is -3.08. The number of hydrogen-bond acceptors (Lipinski definition) is 3. The molecule has 3 aromatic rings. The molecule has 5 heteroatoms. The molecule has 0 saturated heterocycles. The lowest BCUT2D eigenvalue weighted by molar-refractivity contribution is -0.117. The van der Waals surface area contributed by atoms with Crippen LogP contribution in [0.1, 0.15) is 57.3 Å². The maximum Gasteiger partial charge on any atom is 0.246 e. The predicted molar refractivity (Wildman–Crippen MR) is 131 cm³/mol. The van der Waals surface area contributed by atoms with Crippen LogP contribution in [0.5, 0.6) is 5.75 Å². The fourth-order valence-electron chi connectivity index (χ4n) is 3.71. The molecule has 32 heavy (non-hydrogen) atoms. The van der Waals surface area contributed by atoms with Gasteiger partial charge in [-0.05, 0) is 61.9 Å². The highest BCUT2D eigenvalue weighted by Crippen LogP contribution is 2.22. The van der Waals surface area contributed by atoms with E-state index >= 15 is 0 Å². The molecule has 3 rings (SSSR count). The molecule has 0 bridgehead atoms. The molecule has 0 aliphatic rings. The van der Waals surface area contributed by atoms with Crippen molar-refractivity contribution in [3.63, 3.8) is 0 Å². The van der Waals surface area contributed by atoms with Gasteiger partial charge in [0.25, 0.3) is 0 Å². The second kappa shape index (κ2) is 11.5. The van der Waals surface area contributed by atoms with Gasteiger partial charge in [-0.1, -0.05) is 44.7 Å². The van der Waals surface area contributed by atoms with Crippen LogP contribution < -0.4 is 10.1 Å². The van der Waals surface area contributed by atoms with Gasteiger partial charge >= 0.3 is 0 Å². The van der Waals surface area contributed by atoms with Crippen LogP contribution in [0, 0.1) is 0 Å². The molecule has 0 radical (unpaired) electrons. The van der Waals surface area contributed by atoms with Crippen LogP contribution >= 0.6 is 0 Å². The topological polar surface area (TPSA) is 56.2 Å². The molecule has 170 valence electrons. The van der Waals surface area contributed by atoms with E-state index in [4.69, 9.17) is 9.72 Å². The SMILES string of the molecule is C=C(C)C(=O)NCCCc1nc2ccccc2n1CCCOc1ccc(C(C)CC)cc1. The highest BCUT2D eigenvalue weighted by molar-refractivity contribution is 5.92. The van der Waals surface area contributed by atoms with Crippen molar-refractivity contribution in [2.45, 2.75) is 58.9 Å². The Morgan fingerprint density at radius 3 is 2.62 bits per heavy atom. The van der Waals surface area contributed by atoms with Gasteiger partial charge in [-0.3, -0.25) is 4.79 Å². The number of ether oxygens (including phenoxy) is 1. The van der Waals surface area contributed by atoms with Gasteiger partial charge in [0.05, 0.1) is 17.6 Å². The van der Waals surface area contributed by atoms with E-state index in [0.717, 1.165) is 54.8 Å². The van der Waals surface area contributed by atoms with Gasteiger partial charge in [0.2, 0.25) is 5.91 Å². The molecule has 0 aliphatic carbocycles. The molecular weight excluding hydrogens is 398 g/mol. The maximum atomic E-state index is 11.7. The number of fused-ring (bicyclic) bond motifs is 1. The molecule has 1 amide bonds. The maximum absolute atomic E-state index is 11.7. The molecule has 0 spiro atoms. The first-order valence-electron chi connectivity index (χ1n) is 11.6. The number of nitrogens with zero attached hydrogens (tertiary/aromatic N) is 2. The Balaban J connectivity index is 1.55. The molecule has 0 fully saturated rings. The van der Waals surface area contributed by atoms with Gasteiger partial charge in [-0.15, -0.1) is 0 Å². The third-order valence-electron chi connectivity index (χ3n) is 5.84. The van der Waals surface area contributed by atoms with Gasteiger partial charge in [0.15, 0.2) is 0 Å². The van der Waals surface area contributed by atoms with E-state index in [2.05, 4.69) is 60.6 Å². The first-order valence-corrected chi connectivity index (χ1v) is 11.6. The van der Waals surface area contributed by atoms with Gasteiger partial charge in [0, 0.05) is 25.1 Å². The van der Waals surface area contributed by atoms with Crippen molar-refractivity contribution in [2.24, 2.45) is 0 Å². The molecular formula is C27H35N3O2. The smallest absolute Gasteiger partial charge is 0.246 e. The summed E-state index contributed by atoms with van der Waals surface area (Å²) in [5.41, 5.74) is 4.04. The molecule has 1 atom stereocenters. The number of benzene rings is 2. The zero-order valence-electron chi connectivity index (χ0n) is 19.6. The van der Waals surface area contributed by atoms with E-state index in [0.29, 0.717) is 24.6 Å². The Morgan fingerprint density at radius 2 is 1.91 bits per heavy atom. The van der Waals surface area contributed by atoms with Crippen LogP contribution in [-0.2, 0) is 17.8 Å². The minimum absolute atomic E-state index is 0.0900. The van der Waals surface area contributed by atoms with Crippen LogP contribution in [0.15, 0.2) is 60.7 Å². The third kappa shape index (κ3) is 6.22. The summed E-state index contributed by atoms with van der Waals surface area (Å²) in [5.74, 6) is 2.45. The first-order chi connectivity index (χ1) is 15.5. The van der Waals surface area contributed by atoms with Crippen LogP contribution in [0.4, 0.5) is 0 Å². The van der Waals surface area contributed by atoms with Crippen LogP contribution in [0.25, 0.3) is 11.0 Å². The standard InChI is InChI=1S/C27H35N3O2/c1-5-21(4)22-13-15-23(16-14-22)32-19-9-18-30-25-11-7-6-10-24(25)29-26(30)12-8-17-28-27(31)20(2)3/h6-7,10-11,13-16,21H,2,5,8-9,12,17-19H2,1,3-4H3,(H,28,31). The first kappa shape index (κ1) is 23.6. The molecule has 5 nitrogen and oxygen atoms in total. The summed E-state index contributed by atoms with van der Waals surface area (Å²) in [5, 5.41) is 2.90. The van der Waals surface area contributed by atoms with E-state index < -0.39 is 0 Å². The lowest BCUT2D eigenvalue weighted by Gasteiger charge is -2.12. The predicted octanol–water partition coefficient (Wildman–Crippen LogP) is 5.64. The normalized spacial score (nSPS) is 12.0. The molecule has 1 heterocycles. The number of rotatable bonds is 12. The molecule has 1 aromatic heterocycles. The van der Waals surface area contributed by atoms with Crippen molar-refractivity contribution >= 4 is 16.9 Å². The monoisotopic (exact) mass is 433 g/mol. The number of aryl methyl sites for hydroxylation is 2. The summed E-state index contributed by atoms with van der Waals surface area (Å²) in [7, 11) is 0. The van der Waals surface area contributed by atoms with E-state index in [-0.39, 0.29) is 5.91 Å². The summed E-state index contributed by atoms with van der Waals surface area (Å²) in [6.07, 6.45) is 3.68. The highest BCUT2D eigenvalue weighted by Gasteiger charge is 2.11. The Kier molecular flexibility index (Phi) is 8.48. The number of aromatic nitrogens is 2. The zero-order valence-corrected chi connectivity index (χ0v) is 19.6.